The quantitative estimate of drug-likeness (QED) is 0.915. The molecular weight excluding hydrogens is 302 g/mol. The Morgan fingerprint density at radius 3 is 2.47 bits per heavy atom. The molecule has 2 rings (SSSR count). The van der Waals surface area contributed by atoms with Crippen LogP contribution in [0.15, 0.2) is 34.9 Å². The number of nitrogens with one attached hydrogen (secondary N) is 1. The number of benzene rings is 1. The van der Waals surface area contributed by atoms with Crippen molar-refractivity contribution >= 4 is 33.1 Å². The van der Waals surface area contributed by atoms with Gasteiger partial charge in [-0.25, -0.2) is 4.98 Å². The van der Waals surface area contributed by atoms with Crippen molar-refractivity contribution in [3.8, 4) is 0 Å². The third-order valence-corrected chi connectivity index (χ3v) is 3.84. The first-order valence-electron chi connectivity index (χ1n) is 6.14. The lowest BCUT2D eigenvalue weighted by atomic mass is 10.1. The van der Waals surface area contributed by atoms with Crippen LogP contribution in [0, 0.1) is 13.8 Å². The topological polar surface area (TPSA) is 28.2 Å². The molecule has 19 heavy (non-hydrogen) atoms. The van der Waals surface area contributed by atoms with Gasteiger partial charge >= 0.3 is 0 Å². The van der Waals surface area contributed by atoms with Crippen molar-refractivity contribution in [3.63, 3.8) is 0 Å². The molecule has 0 bridgehead atoms. The molecule has 4 heteroatoms. The van der Waals surface area contributed by atoms with Crippen molar-refractivity contribution in [1.29, 1.82) is 0 Å². The van der Waals surface area contributed by atoms with E-state index in [0.717, 1.165) is 21.5 Å². The van der Waals surface area contributed by atoms with Crippen LogP contribution in [0.4, 0.5) is 17.2 Å². The van der Waals surface area contributed by atoms with Crippen LogP contribution in [0.5, 0.6) is 0 Å². The van der Waals surface area contributed by atoms with Crippen LogP contribution in [-0.4, -0.2) is 19.1 Å². The number of rotatable bonds is 3. The maximum atomic E-state index is 4.36. The van der Waals surface area contributed by atoms with E-state index in [9.17, 15) is 0 Å². The minimum atomic E-state index is 0.856. The molecule has 0 spiro atoms. The van der Waals surface area contributed by atoms with Gasteiger partial charge in [0.1, 0.15) is 5.82 Å². The number of nitrogens with zero attached hydrogens (tertiary/aromatic N) is 2. The average molecular weight is 320 g/mol. The van der Waals surface area contributed by atoms with Crippen molar-refractivity contribution in [2.45, 2.75) is 13.8 Å². The zero-order valence-corrected chi connectivity index (χ0v) is 13.2. The highest BCUT2D eigenvalue weighted by Crippen LogP contribution is 2.25. The number of aromatic nitrogens is 1. The lowest BCUT2D eigenvalue weighted by Gasteiger charge is -2.17. The molecule has 0 unspecified atom stereocenters. The van der Waals surface area contributed by atoms with E-state index in [4.69, 9.17) is 0 Å². The Kier molecular flexibility index (Phi) is 4.10. The number of halogens is 1. The van der Waals surface area contributed by atoms with Gasteiger partial charge in [0.05, 0.1) is 0 Å². The summed E-state index contributed by atoms with van der Waals surface area (Å²) in [5, 5.41) is 3.34. The fourth-order valence-electron chi connectivity index (χ4n) is 1.92. The standard InChI is InChI=1S/C15H18BrN3/c1-10-5-6-12(8-14(10)19(3)4)18-15-7-11(2)13(16)9-17-15/h5-9H,1-4H3,(H,17,18). The average Bonchev–Trinajstić information content (AvgIpc) is 2.36. The minimum Gasteiger partial charge on any atom is -0.377 e. The van der Waals surface area contributed by atoms with Crippen LogP contribution in [-0.2, 0) is 0 Å². The van der Waals surface area contributed by atoms with Gasteiger partial charge in [0, 0.05) is 36.1 Å². The Morgan fingerprint density at radius 2 is 1.84 bits per heavy atom. The predicted octanol–water partition coefficient (Wildman–Crippen LogP) is 4.27. The van der Waals surface area contributed by atoms with E-state index in [1.54, 1.807) is 0 Å². The van der Waals surface area contributed by atoms with Crippen LogP contribution in [0.3, 0.4) is 0 Å². The van der Waals surface area contributed by atoms with Gasteiger partial charge in [0.15, 0.2) is 0 Å². The van der Waals surface area contributed by atoms with E-state index >= 15 is 0 Å². The molecule has 3 nitrogen and oxygen atoms in total. The van der Waals surface area contributed by atoms with E-state index in [2.05, 4.69) is 63.2 Å². The molecule has 0 fully saturated rings. The number of aryl methyl sites for hydroxylation is 2. The summed E-state index contributed by atoms with van der Waals surface area (Å²) in [6.07, 6.45) is 1.82. The monoisotopic (exact) mass is 319 g/mol. The maximum Gasteiger partial charge on any atom is 0.130 e. The van der Waals surface area contributed by atoms with Crippen molar-refractivity contribution in [1.82, 2.24) is 4.98 Å². The predicted molar refractivity (Wildman–Crippen MR) is 85.5 cm³/mol. The van der Waals surface area contributed by atoms with Gasteiger partial charge in [0.2, 0.25) is 0 Å². The maximum absolute atomic E-state index is 4.36. The van der Waals surface area contributed by atoms with Gasteiger partial charge in [-0.05, 0) is 59.1 Å². The van der Waals surface area contributed by atoms with E-state index in [-0.39, 0.29) is 0 Å². The zero-order chi connectivity index (χ0) is 14.0. The summed E-state index contributed by atoms with van der Waals surface area (Å²) < 4.78 is 1.02. The summed E-state index contributed by atoms with van der Waals surface area (Å²) in [5.74, 6) is 0.856. The molecule has 1 N–H and O–H groups in total. The van der Waals surface area contributed by atoms with E-state index in [1.165, 1.54) is 11.3 Å². The number of anilines is 3. The molecule has 2 aromatic rings. The highest BCUT2D eigenvalue weighted by atomic mass is 79.9. The highest BCUT2D eigenvalue weighted by molar-refractivity contribution is 9.10. The zero-order valence-electron chi connectivity index (χ0n) is 11.7. The highest BCUT2D eigenvalue weighted by Gasteiger charge is 2.04. The molecule has 0 aliphatic rings. The minimum absolute atomic E-state index is 0.856. The van der Waals surface area contributed by atoms with Gasteiger partial charge in [-0.15, -0.1) is 0 Å². The molecular formula is C15H18BrN3. The first-order chi connectivity index (χ1) is 8.97. The summed E-state index contributed by atoms with van der Waals surface area (Å²) in [5.41, 5.74) is 4.68. The number of pyridine rings is 1. The first-order valence-corrected chi connectivity index (χ1v) is 6.94. The van der Waals surface area contributed by atoms with Gasteiger partial charge in [-0.3, -0.25) is 0 Å². The molecule has 0 aliphatic heterocycles. The van der Waals surface area contributed by atoms with Crippen LogP contribution < -0.4 is 10.2 Å². The van der Waals surface area contributed by atoms with E-state index < -0.39 is 0 Å². The van der Waals surface area contributed by atoms with Gasteiger partial charge in [-0.1, -0.05) is 6.07 Å². The molecule has 0 saturated heterocycles. The molecule has 0 aliphatic carbocycles. The van der Waals surface area contributed by atoms with E-state index in [1.807, 2.05) is 26.4 Å². The summed E-state index contributed by atoms with van der Waals surface area (Å²) in [6, 6.07) is 8.35. The van der Waals surface area contributed by atoms with Crippen molar-refractivity contribution in [3.05, 3.63) is 46.1 Å². The number of hydrogen-bond donors (Lipinski definition) is 1. The molecule has 100 valence electrons. The van der Waals surface area contributed by atoms with Crippen LogP contribution in [0.1, 0.15) is 11.1 Å². The molecule has 1 aromatic carbocycles. The Balaban J connectivity index is 2.28. The summed E-state index contributed by atoms with van der Waals surface area (Å²) >= 11 is 3.46. The van der Waals surface area contributed by atoms with Crippen LogP contribution in [0.25, 0.3) is 0 Å². The molecule has 0 amide bonds. The second-order valence-electron chi connectivity index (χ2n) is 4.84. The fraction of sp³-hybridized carbons (Fsp3) is 0.267. The number of hydrogen-bond acceptors (Lipinski definition) is 3. The normalized spacial score (nSPS) is 10.4. The van der Waals surface area contributed by atoms with Gasteiger partial charge in [0.25, 0.3) is 0 Å². The third kappa shape index (κ3) is 3.26. The summed E-state index contributed by atoms with van der Waals surface area (Å²) in [4.78, 5) is 6.47. The van der Waals surface area contributed by atoms with Gasteiger partial charge in [-0.2, -0.15) is 0 Å². The van der Waals surface area contributed by atoms with Crippen molar-refractivity contribution < 1.29 is 0 Å². The lowest BCUT2D eigenvalue weighted by molar-refractivity contribution is 1.11. The lowest BCUT2D eigenvalue weighted by Crippen LogP contribution is -2.10. The Morgan fingerprint density at radius 1 is 1.11 bits per heavy atom. The summed E-state index contributed by atoms with van der Waals surface area (Å²) in [6.45, 7) is 4.17. The van der Waals surface area contributed by atoms with Crippen molar-refractivity contribution in [2.75, 3.05) is 24.3 Å². The Labute approximate surface area is 122 Å². The smallest absolute Gasteiger partial charge is 0.130 e. The summed E-state index contributed by atoms with van der Waals surface area (Å²) in [7, 11) is 4.10. The second kappa shape index (κ2) is 5.61. The van der Waals surface area contributed by atoms with Crippen LogP contribution in [0.2, 0.25) is 0 Å². The largest absolute Gasteiger partial charge is 0.377 e. The molecule has 1 aromatic heterocycles. The third-order valence-electron chi connectivity index (χ3n) is 3.01. The first kappa shape index (κ1) is 13.9. The van der Waals surface area contributed by atoms with Crippen molar-refractivity contribution in [2.24, 2.45) is 0 Å². The molecule has 0 radical (unpaired) electrons. The Bertz CT molecular complexity index is 594. The van der Waals surface area contributed by atoms with Crippen LogP contribution >= 0.6 is 15.9 Å². The van der Waals surface area contributed by atoms with E-state index in [0.29, 0.717) is 0 Å². The molecule has 1 heterocycles. The fourth-order valence-corrected chi connectivity index (χ4v) is 2.14. The second-order valence-corrected chi connectivity index (χ2v) is 5.69. The van der Waals surface area contributed by atoms with Gasteiger partial charge < -0.3 is 10.2 Å². The Hall–Kier alpha value is -1.55. The molecule has 0 atom stereocenters. The molecule has 0 saturated carbocycles. The SMILES string of the molecule is Cc1cc(Nc2ccc(C)c(N(C)C)c2)ncc1Br.